The van der Waals surface area contributed by atoms with Crippen LogP contribution in [0.25, 0.3) is 5.57 Å². The van der Waals surface area contributed by atoms with Crippen molar-refractivity contribution >= 4 is 11.5 Å². The molecule has 0 radical (unpaired) electrons. The molecule has 0 bridgehead atoms. The number of aryl methyl sites for hydroxylation is 1. The van der Waals surface area contributed by atoms with Crippen molar-refractivity contribution in [1.82, 2.24) is 0 Å². The van der Waals surface area contributed by atoms with Gasteiger partial charge in [-0.05, 0) is 78.0 Å². The molecule has 3 aromatic rings. The highest BCUT2D eigenvalue weighted by atomic mass is 16.4. The Morgan fingerprint density at radius 3 is 2.40 bits per heavy atom. The maximum atomic E-state index is 11.6. The van der Waals surface area contributed by atoms with E-state index < -0.39 is 5.97 Å². The summed E-state index contributed by atoms with van der Waals surface area (Å²) in [4.78, 5) is 11.6. The number of carboxylic acid groups (broad SMARTS) is 1. The lowest BCUT2D eigenvalue weighted by Crippen LogP contribution is -2.38. The molecule has 0 aliphatic heterocycles. The normalized spacial score (nSPS) is 22.9. The Labute approximate surface area is 177 Å². The molecule has 0 aromatic heterocycles. The summed E-state index contributed by atoms with van der Waals surface area (Å²) in [6.45, 7) is 0. The SMILES string of the molecule is O=C(O)c1ccc2c(c1)CCC[C@H]1CC(c3ccccc3)=CCC21c1ccccc1. The maximum Gasteiger partial charge on any atom is 0.335 e. The molecule has 2 aliphatic carbocycles. The average molecular weight is 395 g/mol. The van der Waals surface area contributed by atoms with Crippen LogP contribution in [-0.4, -0.2) is 11.1 Å². The number of carboxylic acids is 1. The molecule has 2 nitrogen and oxygen atoms in total. The van der Waals surface area contributed by atoms with Crippen molar-refractivity contribution in [3.8, 4) is 0 Å². The van der Waals surface area contributed by atoms with E-state index >= 15 is 0 Å². The van der Waals surface area contributed by atoms with Crippen molar-refractivity contribution in [2.75, 3.05) is 0 Å². The van der Waals surface area contributed by atoms with Gasteiger partial charge in [0, 0.05) is 5.41 Å². The molecule has 2 heteroatoms. The van der Waals surface area contributed by atoms with Crippen LogP contribution in [0.3, 0.4) is 0 Å². The van der Waals surface area contributed by atoms with E-state index in [1.54, 1.807) is 6.07 Å². The van der Waals surface area contributed by atoms with Crippen LogP contribution in [0.4, 0.5) is 0 Å². The zero-order valence-electron chi connectivity index (χ0n) is 17.1. The highest BCUT2D eigenvalue weighted by Gasteiger charge is 2.45. The number of hydrogen-bond donors (Lipinski definition) is 1. The molecule has 3 aromatic carbocycles. The standard InChI is InChI=1S/C28H26O2/c29-27(30)23-14-15-26-22(18-23)10-7-13-25-19-21(20-8-3-1-4-9-20)16-17-28(25,26)24-11-5-2-6-12-24/h1-6,8-9,11-12,14-16,18,25H,7,10,13,17,19H2,(H,29,30)/t25-,28?/m0/s1. The molecule has 0 heterocycles. The quantitative estimate of drug-likeness (QED) is 0.550. The van der Waals surface area contributed by atoms with Gasteiger partial charge in [-0.25, -0.2) is 4.79 Å². The smallest absolute Gasteiger partial charge is 0.335 e. The number of hydrogen-bond acceptors (Lipinski definition) is 1. The fraction of sp³-hybridized carbons (Fsp3) is 0.250. The molecular weight excluding hydrogens is 368 g/mol. The van der Waals surface area contributed by atoms with Crippen LogP contribution in [0, 0.1) is 5.92 Å². The molecule has 2 aliphatic rings. The predicted molar refractivity (Wildman–Crippen MR) is 121 cm³/mol. The first-order valence-corrected chi connectivity index (χ1v) is 10.8. The fourth-order valence-corrected chi connectivity index (χ4v) is 5.69. The summed E-state index contributed by atoms with van der Waals surface area (Å²) in [5, 5.41) is 9.52. The van der Waals surface area contributed by atoms with Gasteiger partial charge in [0.2, 0.25) is 0 Å². The van der Waals surface area contributed by atoms with Gasteiger partial charge >= 0.3 is 5.97 Å². The van der Waals surface area contributed by atoms with Crippen molar-refractivity contribution in [2.45, 2.75) is 37.5 Å². The molecule has 0 fully saturated rings. The number of fused-ring (bicyclic) bond motifs is 3. The molecule has 0 amide bonds. The topological polar surface area (TPSA) is 37.3 Å². The molecule has 0 saturated carbocycles. The number of allylic oxidation sites excluding steroid dienone is 2. The minimum atomic E-state index is -0.845. The Bertz CT molecular complexity index is 1100. The van der Waals surface area contributed by atoms with Crippen molar-refractivity contribution < 1.29 is 9.90 Å². The van der Waals surface area contributed by atoms with E-state index in [4.69, 9.17) is 0 Å². The van der Waals surface area contributed by atoms with Crippen LogP contribution in [-0.2, 0) is 11.8 Å². The van der Waals surface area contributed by atoms with E-state index in [1.165, 1.54) is 27.8 Å². The third-order valence-corrected chi connectivity index (χ3v) is 7.10. The van der Waals surface area contributed by atoms with Crippen LogP contribution in [0.15, 0.2) is 84.9 Å². The highest BCUT2D eigenvalue weighted by Crippen LogP contribution is 2.54. The van der Waals surface area contributed by atoms with Gasteiger partial charge in [-0.3, -0.25) is 0 Å². The van der Waals surface area contributed by atoms with Gasteiger partial charge in [0.25, 0.3) is 0 Å². The van der Waals surface area contributed by atoms with Crippen molar-refractivity contribution in [3.05, 3.63) is 113 Å². The van der Waals surface area contributed by atoms with Crippen LogP contribution < -0.4 is 0 Å². The third kappa shape index (κ3) is 3.08. The molecule has 1 N–H and O–H groups in total. The number of aromatic carboxylic acids is 1. The molecule has 0 spiro atoms. The van der Waals surface area contributed by atoms with E-state index in [-0.39, 0.29) is 5.41 Å². The Kier molecular flexibility index (Phi) is 4.78. The van der Waals surface area contributed by atoms with Gasteiger partial charge in [-0.2, -0.15) is 0 Å². The van der Waals surface area contributed by atoms with Crippen LogP contribution >= 0.6 is 0 Å². The monoisotopic (exact) mass is 394 g/mol. The number of benzene rings is 3. The summed E-state index contributed by atoms with van der Waals surface area (Å²) >= 11 is 0. The number of rotatable bonds is 3. The van der Waals surface area contributed by atoms with Crippen molar-refractivity contribution in [3.63, 3.8) is 0 Å². The Balaban J connectivity index is 1.69. The first-order valence-electron chi connectivity index (χ1n) is 10.8. The lowest BCUT2D eigenvalue weighted by atomic mass is 9.58. The number of carbonyl (C=O) groups is 1. The summed E-state index contributed by atoms with van der Waals surface area (Å²) in [5.74, 6) is -0.348. The van der Waals surface area contributed by atoms with Gasteiger partial charge in [0.15, 0.2) is 0 Å². The zero-order chi connectivity index (χ0) is 20.6. The molecule has 0 saturated heterocycles. The van der Waals surface area contributed by atoms with E-state index in [0.717, 1.165) is 32.1 Å². The summed E-state index contributed by atoms with van der Waals surface area (Å²) in [7, 11) is 0. The van der Waals surface area contributed by atoms with Crippen molar-refractivity contribution in [2.24, 2.45) is 5.92 Å². The molecular formula is C28H26O2. The lowest BCUT2D eigenvalue weighted by Gasteiger charge is -2.45. The van der Waals surface area contributed by atoms with Crippen molar-refractivity contribution in [1.29, 1.82) is 0 Å². The van der Waals surface area contributed by atoms with Crippen LogP contribution in [0.1, 0.15) is 58.3 Å². The third-order valence-electron chi connectivity index (χ3n) is 7.10. The molecule has 5 rings (SSSR count). The zero-order valence-corrected chi connectivity index (χ0v) is 17.1. The van der Waals surface area contributed by atoms with Crippen LogP contribution in [0.5, 0.6) is 0 Å². The van der Waals surface area contributed by atoms with Gasteiger partial charge in [-0.1, -0.05) is 72.8 Å². The van der Waals surface area contributed by atoms with Gasteiger partial charge in [-0.15, -0.1) is 0 Å². The van der Waals surface area contributed by atoms with E-state index in [9.17, 15) is 9.90 Å². The van der Waals surface area contributed by atoms with E-state index in [2.05, 4.69) is 72.8 Å². The highest BCUT2D eigenvalue weighted by molar-refractivity contribution is 5.88. The summed E-state index contributed by atoms with van der Waals surface area (Å²) in [5.41, 5.74) is 6.95. The Morgan fingerprint density at radius 2 is 1.67 bits per heavy atom. The van der Waals surface area contributed by atoms with Gasteiger partial charge in [0.05, 0.1) is 5.56 Å². The summed E-state index contributed by atoms with van der Waals surface area (Å²) in [6.07, 6.45) is 7.62. The second kappa shape index (κ2) is 7.60. The maximum absolute atomic E-state index is 11.6. The van der Waals surface area contributed by atoms with E-state index in [1.807, 2.05) is 6.07 Å². The van der Waals surface area contributed by atoms with Gasteiger partial charge in [0.1, 0.15) is 0 Å². The van der Waals surface area contributed by atoms with Gasteiger partial charge < -0.3 is 5.11 Å². The first kappa shape index (κ1) is 18.9. The minimum absolute atomic E-state index is 0.0948. The molecule has 150 valence electrons. The largest absolute Gasteiger partial charge is 0.478 e. The summed E-state index contributed by atoms with van der Waals surface area (Å²) in [6, 6.07) is 27.4. The summed E-state index contributed by atoms with van der Waals surface area (Å²) < 4.78 is 0. The second-order valence-corrected chi connectivity index (χ2v) is 8.61. The first-order chi connectivity index (χ1) is 14.7. The minimum Gasteiger partial charge on any atom is -0.478 e. The predicted octanol–water partition coefficient (Wildman–Crippen LogP) is 6.50. The molecule has 1 unspecified atom stereocenters. The Hall–Kier alpha value is -3.13. The second-order valence-electron chi connectivity index (χ2n) is 8.61. The fourth-order valence-electron chi connectivity index (χ4n) is 5.69. The van der Waals surface area contributed by atoms with E-state index in [0.29, 0.717) is 11.5 Å². The Morgan fingerprint density at radius 1 is 0.933 bits per heavy atom. The lowest BCUT2D eigenvalue weighted by molar-refractivity contribution is 0.0696. The van der Waals surface area contributed by atoms with Crippen LogP contribution in [0.2, 0.25) is 0 Å². The molecule has 2 atom stereocenters. The molecule has 30 heavy (non-hydrogen) atoms. The average Bonchev–Trinajstić information content (AvgIpc) is 2.96.